The van der Waals surface area contributed by atoms with Gasteiger partial charge in [-0.2, -0.15) is 9.78 Å². The third-order valence-corrected chi connectivity index (χ3v) is 4.39. The number of hydrogen-bond donors (Lipinski definition) is 0. The number of carbonyl (C=O) groups is 2. The zero-order valence-electron chi connectivity index (χ0n) is 14.2. The summed E-state index contributed by atoms with van der Waals surface area (Å²) < 4.78 is 6.24. The molecule has 1 atom stereocenters. The largest absolute Gasteiger partial charge is 0.466 e. The number of carbonyl (C=O) groups excluding carboxylic acids is 2. The van der Waals surface area contributed by atoms with Crippen molar-refractivity contribution in [3.05, 3.63) is 35.0 Å². The van der Waals surface area contributed by atoms with Crippen molar-refractivity contribution in [1.82, 2.24) is 9.78 Å². The summed E-state index contributed by atoms with van der Waals surface area (Å²) in [6.45, 7) is 5.59. The van der Waals surface area contributed by atoms with Crippen LogP contribution >= 0.6 is 11.6 Å². The Balaban J connectivity index is 2.02. The van der Waals surface area contributed by atoms with E-state index in [0.717, 1.165) is 11.1 Å². The number of aliphatic imine (C=N–C) groups is 1. The van der Waals surface area contributed by atoms with Gasteiger partial charge < -0.3 is 4.74 Å². The first-order valence-electron chi connectivity index (χ1n) is 8.03. The first-order valence-corrected chi connectivity index (χ1v) is 8.40. The fourth-order valence-corrected chi connectivity index (χ4v) is 3.05. The summed E-state index contributed by atoms with van der Waals surface area (Å²) in [4.78, 5) is 29.1. The Labute approximate surface area is 150 Å². The summed E-state index contributed by atoms with van der Waals surface area (Å²) in [6.07, 6.45) is -0.0311. The lowest BCUT2D eigenvalue weighted by Crippen LogP contribution is -2.33. The van der Waals surface area contributed by atoms with E-state index in [0.29, 0.717) is 22.2 Å². The quantitative estimate of drug-likeness (QED) is 0.777. The molecule has 0 saturated carbocycles. The Morgan fingerprint density at radius 3 is 2.60 bits per heavy atom. The van der Waals surface area contributed by atoms with E-state index in [4.69, 9.17) is 16.3 Å². The van der Waals surface area contributed by atoms with Crippen LogP contribution in [0, 0.1) is 12.8 Å². The molecule has 2 heterocycles. The topological polar surface area (TPSA) is 73.6 Å². The highest BCUT2D eigenvalue weighted by atomic mass is 35.5. The molecule has 1 aromatic carbocycles. The molecule has 0 amide bonds. The number of aryl methyl sites for hydroxylation is 1. The van der Waals surface area contributed by atoms with Crippen LogP contribution in [0.25, 0.3) is 11.1 Å². The Morgan fingerprint density at radius 2 is 1.96 bits per heavy atom. The standard InChI is InChI=1S/C18H18ClN3O3/c1-4-25-15(23)9-14-10(2)20-17-16(11(3)21-22(17)18(14)24)12-5-7-13(19)8-6-12/h5-8,14H,4,9H2,1-3H3. The van der Waals surface area contributed by atoms with Crippen molar-refractivity contribution in [3.63, 3.8) is 0 Å². The van der Waals surface area contributed by atoms with Gasteiger partial charge in [0.05, 0.1) is 24.6 Å². The van der Waals surface area contributed by atoms with Gasteiger partial charge >= 0.3 is 5.97 Å². The molecule has 25 heavy (non-hydrogen) atoms. The van der Waals surface area contributed by atoms with Gasteiger partial charge in [0.15, 0.2) is 5.82 Å². The molecule has 1 aliphatic rings. The number of nitrogens with zero attached hydrogens (tertiary/aromatic N) is 3. The maximum absolute atomic E-state index is 12.8. The van der Waals surface area contributed by atoms with Crippen molar-refractivity contribution < 1.29 is 14.3 Å². The van der Waals surface area contributed by atoms with E-state index in [1.807, 2.05) is 19.1 Å². The second-order valence-corrected chi connectivity index (χ2v) is 6.29. The fraction of sp³-hybridized carbons (Fsp3) is 0.333. The highest BCUT2D eigenvalue weighted by molar-refractivity contribution is 6.30. The minimum Gasteiger partial charge on any atom is -0.466 e. The van der Waals surface area contributed by atoms with Crippen molar-refractivity contribution in [2.75, 3.05) is 6.61 Å². The Kier molecular flexibility index (Phi) is 4.72. The summed E-state index contributed by atoms with van der Waals surface area (Å²) in [6, 6.07) is 7.30. The highest BCUT2D eigenvalue weighted by Gasteiger charge is 2.34. The molecule has 0 spiro atoms. The van der Waals surface area contributed by atoms with Crippen LogP contribution < -0.4 is 0 Å². The van der Waals surface area contributed by atoms with Crippen molar-refractivity contribution in [3.8, 4) is 11.1 Å². The summed E-state index contributed by atoms with van der Waals surface area (Å²) in [5.74, 6) is -0.842. The zero-order valence-corrected chi connectivity index (χ0v) is 15.0. The number of rotatable bonds is 4. The number of benzene rings is 1. The van der Waals surface area contributed by atoms with Crippen LogP contribution in [0.4, 0.5) is 5.82 Å². The molecular formula is C18H18ClN3O3. The average Bonchev–Trinajstić information content (AvgIpc) is 2.89. The van der Waals surface area contributed by atoms with Crippen LogP contribution in [0.3, 0.4) is 0 Å². The first-order chi connectivity index (χ1) is 11.9. The second kappa shape index (κ2) is 6.80. The Morgan fingerprint density at radius 1 is 1.28 bits per heavy atom. The summed E-state index contributed by atoms with van der Waals surface area (Å²) in [7, 11) is 0. The number of fused-ring (bicyclic) bond motifs is 1. The third-order valence-electron chi connectivity index (χ3n) is 4.14. The number of ether oxygens (including phenoxy) is 1. The Hall–Kier alpha value is -2.47. The molecule has 3 rings (SSSR count). The smallest absolute Gasteiger partial charge is 0.306 e. The van der Waals surface area contributed by atoms with Crippen LogP contribution in [-0.4, -0.2) is 34.0 Å². The van der Waals surface area contributed by atoms with Gasteiger partial charge in [0.25, 0.3) is 5.91 Å². The summed E-state index contributed by atoms with van der Waals surface area (Å²) in [5, 5.41) is 4.98. The van der Waals surface area contributed by atoms with Crippen LogP contribution in [0.15, 0.2) is 29.3 Å². The molecule has 0 N–H and O–H groups in total. The highest BCUT2D eigenvalue weighted by Crippen LogP contribution is 2.37. The first kappa shape index (κ1) is 17.4. The van der Waals surface area contributed by atoms with E-state index in [1.54, 1.807) is 26.0 Å². The van der Waals surface area contributed by atoms with E-state index < -0.39 is 11.9 Å². The molecule has 1 aromatic heterocycles. The number of halogens is 1. The maximum Gasteiger partial charge on any atom is 0.306 e. The molecule has 0 bridgehead atoms. The molecule has 0 radical (unpaired) electrons. The second-order valence-electron chi connectivity index (χ2n) is 5.86. The number of aromatic nitrogens is 2. The third kappa shape index (κ3) is 3.22. The molecule has 2 aromatic rings. The monoisotopic (exact) mass is 359 g/mol. The maximum atomic E-state index is 12.8. The predicted octanol–water partition coefficient (Wildman–Crippen LogP) is 3.83. The minimum atomic E-state index is -0.649. The van der Waals surface area contributed by atoms with Gasteiger partial charge in [0, 0.05) is 16.3 Å². The predicted molar refractivity (Wildman–Crippen MR) is 95.5 cm³/mol. The van der Waals surface area contributed by atoms with E-state index in [2.05, 4.69) is 10.1 Å². The lowest BCUT2D eigenvalue weighted by atomic mass is 9.97. The van der Waals surface area contributed by atoms with Crippen LogP contribution in [0.2, 0.25) is 5.02 Å². The summed E-state index contributed by atoms with van der Waals surface area (Å²) >= 11 is 5.95. The van der Waals surface area contributed by atoms with Gasteiger partial charge in [-0.25, -0.2) is 4.99 Å². The molecule has 0 saturated heterocycles. The number of esters is 1. The van der Waals surface area contributed by atoms with Gasteiger partial charge in [-0.1, -0.05) is 23.7 Å². The molecular weight excluding hydrogens is 342 g/mol. The van der Waals surface area contributed by atoms with Gasteiger partial charge in [0.2, 0.25) is 0 Å². The van der Waals surface area contributed by atoms with Gasteiger partial charge in [-0.05, 0) is 38.5 Å². The molecule has 0 fully saturated rings. The molecule has 7 heteroatoms. The van der Waals surface area contributed by atoms with Crippen LogP contribution in [0.5, 0.6) is 0 Å². The van der Waals surface area contributed by atoms with Crippen molar-refractivity contribution in [1.29, 1.82) is 0 Å². The van der Waals surface area contributed by atoms with Crippen molar-refractivity contribution >= 4 is 35.0 Å². The SMILES string of the molecule is CCOC(=O)CC1C(=O)n2nc(C)c(-c3ccc(Cl)cc3)c2N=C1C. The van der Waals surface area contributed by atoms with E-state index >= 15 is 0 Å². The fourth-order valence-electron chi connectivity index (χ4n) is 2.92. The molecule has 130 valence electrons. The van der Waals surface area contributed by atoms with E-state index in [1.165, 1.54) is 4.68 Å². The molecule has 1 aliphatic heterocycles. The number of hydrogen-bond acceptors (Lipinski definition) is 5. The van der Waals surface area contributed by atoms with Crippen molar-refractivity contribution in [2.24, 2.45) is 10.9 Å². The zero-order chi connectivity index (χ0) is 18.1. The average molecular weight is 360 g/mol. The molecule has 1 unspecified atom stereocenters. The lowest BCUT2D eigenvalue weighted by Gasteiger charge is -2.20. The van der Waals surface area contributed by atoms with E-state index in [-0.39, 0.29) is 18.9 Å². The van der Waals surface area contributed by atoms with Crippen LogP contribution in [0.1, 0.15) is 30.8 Å². The van der Waals surface area contributed by atoms with Crippen molar-refractivity contribution in [2.45, 2.75) is 27.2 Å². The van der Waals surface area contributed by atoms with E-state index in [9.17, 15) is 9.59 Å². The van der Waals surface area contributed by atoms with Gasteiger partial charge in [-0.15, -0.1) is 0 Å². The summed E-state index contributed by atoms with van der Waals surface area (Å²) in [5.41, 5.74) is 2.95. The van der Waals surface area contributed by atoms with Crippen LogP contribution in [-0.2, 0) is 9.53 Å². The Bertz CT molecular complexity index is 868. The lowest BCUT2D eigenvalue weighted by molar-refractivity contribution is -0.143. The molecule has 0 aliphatic carbocycles. The normalized spacial score (nSPS) is 16.4. The van der Waals surface area contributed by atoms with Gasteiger partial charge in [-0.3, -0.25) is 9.59 Å². The molecule has 6 nitrogen and oxygen atoms in total. The van der Waals surface area contributed by atoms with Gasteiger partial charge in [0.1, 0.15) is 0 Å². The minimum absolute atomic E-state index is 0.0311.